The number of carbonyl (C=O) groups is 2. The van der Waals surface area contributed by atoms with Crippen molar-refractivity contribution in [1.82, 2.24) is 10.2 Å². The maximum absolute atomic E-state index is 12.1. The van der Waals surface area contributed by atoms with Crippen LogP contribution in [0, 0.1) is 5.92 Å². The lowest BCUT2D eigenvalue weighted by Gasteiger charge is -2.28. The molecule has 5 nitrogen and oxygen atoms in total. The van der Waals surface area contributed by atoms with E-state index in [4.69, 9.17) is 5.11 Å². The number of hydrogen-bond acceptors (Lipinski definition) is 3. The molecule has 1 aliphatic heterocycles. The van der Waals surface area contributed by atoms with Gasteiger partial charge in [-0.15, -0.1) is 0 Å². The smallest absolute Gasteiger partial charge is 0.305 e. The van der Waals surface area contributed by atoms with Gasteiger partial charge in [-0.1, -0.05) is 6.92 Å². The van der Waals surface area contributed by atoms with Crippen molar-refractivity contribution in [3.8, 4) is 0 Å². The summed E-state index contributed by atoms with van der Waals surface area (Å²) in [4.78, 5) is 24.5. The van der Waals surface area contributed by atoms with Gasteiger partial charge in [0.2, 0.25) is 5.91 Å². The molecule has 1 amide bonds. The summed E-state index contributed by atoms with van der Waals surface area (Å²) in [5.41, 5.74) is 0. The Morgan fingerprint density at radius 1 is 1.62 bits per heavy atom. The van der Waals surface area contributed by atoms with E-state index in [1.54, 1.807) is 4.90 Å². The van der Waals surface area contributed by atoms with Crippen molar-refractivity contribution in [1.29, 1.82) is 0 Å². The molecule has 16 heavy (non-hydrogen) atoms. The van der Waals surface area contributed by atoms with E-state index in [-0.39, 0.29) is 18.4 Å². The van der Waals surface area contributed by atoms with E-state index in [1.165, 1.54) is 0 Å². The molecule has 2 unspecified atom stereocenters. The molecule has 1 fully saturated rings. The van der Waals surface area contributed by atoms with Crippen LogP contribution >= 0.6 is 0 Å². The van der Waals surface area contributed by atoms with Crippen LogP contribution < -0.4 is 5.32 Å². The molecule has 1 aliphatic rings. The Bertz CT molecular complexity index is 278. The fourth-order valence-corrected chi connectivity index (χ4v) is 1.92. The summed E-state index contributed by atoms with van der Waals surface area (Å²) >= 11 is 0. The SMILES string of the molecule is CC1CNC(CC(=O)O)C(=O)N(C(C)C)C1. The van der Waals surface area contributed by atoms with E-state index in [9.17, 15) is 9.59 Å². The van der Waals surface area contributed by atoms with E-state index in [1.807, 2.05) is 13.8 Å². The maximum atomic E-state index is 12.1. The van der Waals surface area contributed by atoms with Crippen molar-refractivity contribution < 1.29 is 14.7 Å². The van der Waals surface area contributed by atoms with Gasteiger partial charge in [0.15, 0.2) is 0 Å². The van der Waals surface area contributed by atoms with Gasteiger partial charge < -0.3 is 15.3 Å². The number of amides is 1. The van der Waals surface area contributed by atoms with Crippen molar-refractivity contribution in [2.24, 2.45) is 5.92 Å². The van der Waals surface area contributed by atoms with Gasteiger partial charge in [0.05, 0.1) is 12.5 Å². The monoisotopic (exact) mass is 228 g/mol. The number of aliphatic carboxylic acids is 1. The Hall–Kier alpha value is -1.10. The lowest BCUT2D eigenvalue weighted by Crippen LogP contribution is -2.47. The Morgan fingerprint density at radius 3 is 2.75 bits per heavy atom. The molecule has 1 saturated heterocycles. The first-order valence-corrected chi connectivity index (χ1v) is 5.67. The molecule has 0 saturated carbocycles. The van der Waals surface area contributed by atoms with Gasteiger partial charge in [-0.05, 0) is 19.8 Å². The predicted octanol–water partition coefficient (Wildman–Crippen LogP) is 0.306. The first-order chi connectivity index (χ1) is 7.41. The largest absolute Gasteiger partial charge is 0.481 e. The summed E-state index contributed by atoms with van der Waals surface area (Å²) in [6.07, 6.45) is -0.144. The number of nitrogens with one attached hydrogen (secondary N) is 1. The van der Waals surface area contributed by atoms with Gasteiger partial charge in [-0.25, -0.2) is 0 Å². The summed E-state index contributed by atoms with van der Waals surface area (Å²) in [6, 6.07) is -0.462. The number of carbonyl (C=O) groups excluding carboxylic acids is 1. The van der Waals surface area contributed by atoms with Gasteiger partial charge in [-0.3, -0.25) is 9.59 Å². The minimum atomic E-state index is -0.941. The van der Waals surface area contributed by atoms with Crippen LogP contribution in [0.3, 0.4) is 0 Å². The topological polar surface area (TPSA) is 69.6 Å². The maximum Gasteiger partial charge on any atom is 0.305 e. The van der Waals surface area contributed by atoms with Crippen LogP contribution in [0.1, 0.15) is 27.2 Å². The highest BCUT2D eigenvalue weighted by Gasteiger charge is 2.31. The van der Waals surface area contributed by atoms with Crippen LogP contribution in [-0.4, -0.2) is 47.1 Å². The van der Waals surface area contributed by atoms with Gasteiger partial charge in [-0.2, -0.15) is 0 Å². The quantitative estimate of drug-likeness (QED) is 0.729. The van der Waals surface area contributed by atoms with Gasteiger partial charge in [0.1, 0.15) is 0 Å². The van der Waals surface area contributed by atoms with Crippen molar-refractivity contribution in [3.63, 3.8) is 0 Å². The lowest BCUT2D eigenvalue weighted by molar-refractivity contribution is -0.143. The Labute approximate surface area is 95.8 Å². The second-order valence-corrected chi connectivity index (χ2v) is 4.75. The zero-order valence-electron chi connectivity index (χ0n) is 10.1. The molecule has 0 radical (unpaired) electrons. The number of nitrogens with zero attached hydrogens (tertiary/aromatic N) is 1. The summed E-state index contributed by atoms with van der Waals surface area (Å²) in [5.74, 6) is -0.684. The summed E-state index contributed by atoms with van der Waals surface area (Å²) < 4.78 is 0. The van der Waals surface area contributed by atoms with E-state index < -0.39 is 12.0 Å². The van der Waals surface area contributed by atoms with Gasteiger partial charge in [0, 0.05) is 19.1 Å². The molecule has 5 heteroatoms. The molecule has 92 valence electrons. The van der Waals surface area contributed by atoms with Crippen LogP contribution in [0.5, 0.6) is 0 Å². The molecule has 0 aromatic rings. The number of hydrogen-bond donors (Lipinski definition) is 2. The number of carboxylic acids is 1. The van der Waals surface area contributed by atoms with Crippen LogP contribution in [0.4, 0.5) is 0 Å². The molecular weight excluding hydrogens is 208 g/mol. The standard InChI is InChI=1S/C11H20N2O3/c1-7(2)13-6-8(3)5-12-9(11(13)16)4-10(14)15/h7-9,12H,4-6H2,1-3H3,(H,14,15). The highest BCUT2D eigenvalue weighted by Crippen LogP contribution is 2.12. The average Bonchev–Trinajstić information content (AvgIpc) is 2.30. The van der Waals surface area contributed by atoms with Crippen LogP contribution in [0.25, 0.3) is 0 Å². The molecule has 0 bridgehead atoms. The third-order valence-corrected chi connectivity index (χ3v) is 2.80. The van der Waals surface area contributed by atoms with Gasteiger partial charge in [0.25, 0.3) is 0 Å². The van der Waals surface area contributed by atoms with E-state index in [0.29, 0.717) is 19.0 Å². The summed E-state index contributed by atoms with van der Waals surface area (Å²) in [5, 5.41) is 11.8. The Balaban J connectivity index is 2.78. The predicted molar refractivity (Wildman–Crippen MR) is 60.1 cm³/mol. The second kappa shape index (κ2) is 5.30. The number of carboxylic acid groups (broad SMARTS) is 1. The molecule has 0 aromatic carbocycles. The normalized spacial score (nSPS) is 27.0. The fraction of sp³-hybridized carbons (Fsp3) is 0.818. The van der Waals surface area contributed by atoms with Crippen molar-refractivity contribution in [2.75, 3.05) is 13.1 Å². The first-order valence-electron chi connectivity index (χ1n) is 5.67. The van der Waals surface area contributed by atoms with Crippen LogP contribution in [-0.2, 0) is 9.59 Å². The Kier molecular flexibility index (Phi) is 4.29. The van der Waals surface area contributed by atoms with Crippen molar-refractivity contribution in [2.45, 2.75) is 39.3 Å². The molecule has 2 atom stereocenters. The molecule has 0 aromatic heterocycles. The van der Waals surface area contributed by atoms with Crippen LogP contribution in [0.15, 0.2) is 0 Å². The fourth-order valence-electron chi connectivity index (χ4n) is 1.92. The lowest BCUT2D eigenvalue weighted by atomic mass is 10.1. The molecule has 1 rings (SSSR count). The summed E-state index contributed by atoms with van der Waals surface area (Å²) in [7, 11) is 0. The highest BCUT2D eigenvalue weighted by atomic mass is 16.4. The molecular formula is C11H20N2O3. The van der Waals surface area contributed by atoms with Gasteiger partial charge >= 0.3 is 5.97 Å². The molecule has 0 aliphatic carbocycles. The average molecular weight is 228 g/mol. The summed E-state index contributed by atoms with van der Waals surface area (Å²) in [6.45, 7) is 7.34. The molecule has 1 heterocycles. The van der Waals surface area contributed by atoms with Crippen molar-refractivity contribution in [3.05, 3.63) is 0 Å². The highest BCUT2D eigenvalue weighted by molar-refractivity contribution is 5.86. The zero-order valence-corrected chi connectivity index (χ0v) is 10.1. The van der Waals surface area contributed by atoms with E-state index in [2.05, 4.69) is 12.2 Å². The zero-order chi connectivity index (χ0) is 12.3. The minimum absolute atomic E-state index is 0.0956. The molecule has 2 N–H and O–H groups in total. The third kappa shape index (κ3) is 3.20. The second-order valence-electron chi connectivity index (χ2n) is 4.75. The molecule has 0 spiro atoms. The van der Waals surface area contributed by atoms with E-state index >= 15 is 0 Å². The van der Waals surface area contributed by atoms with Crippen LogP contribution in [0.2, 0.25) is 0 Å². The number of rotatable bonds is 3. The Morgan fingerprint density at radius 2 is 2.25 bits per heavy atom. The van der Waals surface area contributed by atoms with Crippen molar-refractivity contribution >= 4 is 11.9 Å². The third-order valence-electron chi connectivity index (χ3n) is 2.80. The van der Waals surface area contributed by atoms with E-state index in [0.717, 1.165) is 0 Å². The first kappa shape index (κ1) is 13.0. The minimum Gasteiger partial charge on any atom is -0.481 e.